The second-order valence-electron chi connectivity index (χ2n) is 9.66. The molecule has 6 rings (SSSR count). The molecular formula is C23H30N6O2S. The van der Waals surface area contributed by atoms with Crippen molar-refractivity contribution in [3.05, 3.63) is 17.5 Å². The minimum Gasteiger partial charge on any atom is -0.378 e. The molecule has 3 aliphatic rings. The number of hydrogen-bond donors (Lipinski definition) is 0. The number of pyridine rings is 1. The molecule has 0 unspecified atom stereocenters. The molecule has 32 heavy (non-hydrogen) atoms. The minimum absolute atomic E-state index is 0.203. The van der Waals surface area contributed by atoms with E-state index in [9.17, 15) is 0 Å². The molecule has 0 amide bonds. The van der Waals surface area contributed by atoms with Crippen LogP contribution in [0.15, 0.2) is 6.33 Å². The predicted octanol–water partition coefficient (Wildman–Crippen LogP) is 2.68. The Bertz CT molecular complexity index is 1160. The standard InChI is InChI=1S/C23H30N6O2S/c1-23(2)12-15-16(13-31-23)20(29-8-10-30-11-9-29)26-22-17(15)18-19(32-22)21(25-14-24-18)28-6-4-27(3)5-7-28/h14H,4-13H2,1-3H3. The Balaban J connectivity index is 1.55. The van der Waals surface area contributed by atoms with Crippen LogP contribution < -0.4 is 9.80 Å². The first kappa shape index (κ1) is 20.5. The second kappa shape index (κ2) is 7.76. The van der Waals surface area contributed by atoms with Crippen LogP contribution in [0.2, 0.25) is 0 Å². The van der Waals surface area contributed by atoms with Gasteiger partial charge in [-0.25, -0.2) is 15.0 Å². The van der Waals surface area contributed by atoms with Gasteiger partial charge in [-0.1, -0.05) is 0 Å². The normalized spacial score (nSPS) is 22.0. The van der Waals surface area contributed by atoms with Gasteiger partial charge in [0.05, 0.1) is 35.6 Å². The lowest BCUT2D eigenvalue weighted by molar-refractivity contribution is -0.0396. The summed E-state index contributed by atoms with van der Waals surface area (Å²) in [6, 6.07) is 0. The SMILES string of the molecule is CN1CCN(c2ncnc3c2sc2nc(N4CCOCC4)c4c(c23)CC(C)(C)OC4)CC1. The number of anilines is 2. The van der Waals surface area contributed by atoms with Crippen LogP contribution in [-0.2, 0) is 22.5 Å². The smallest absolute Gasteiger partial charge is 0.150 e. The Labute approximate surface area is 192 Å². The molecule has 8 nitrogen and oxygen atoms in total. The van der Waals surface area contributed by atoms with Gasteiger partial charge in [0.2, 0.25) is 0 Å². The topological polar surface area (TPSA) is 66.9 Å². The fourth-order valence-electron chi connectivity index (χ4n) is 5.06. The number of morpholine rings is 1. The van der Waals surface area contributed by atoms with Gasteiger partial charge in [0, 0.05) is 56.6 Å². The zero-order valence-electron chi connectivity index (χ0n) is 19.1. The number of ether oxygens (including phenoxy) is 2. The Morgan fingerprint density at radius 2 is 1.69 bits per heavy atom. The molecule has 0 saturated carbocycles. The van der Waals surface area contributed by atoms with E-state index >= 15 is 0 Å². The second-order valence-corrected chi connectivity index (χ2v) is 10.7. The molecule has 0 N–H and O–H groups in total. The molecule has 0 radical (unpaired) electrons. The summed E-state index contributed by atoms with van der Waals surface area (Å²) in [5.74, 6) is 2.12. The first-order valence-corrected chi connectivity index (χ1v) is 12.3. The van der Waals surface area contributed by atoms with Crippen molar-refractivity contribution in [2.75, 3.05) is 69.3 Å². The van der Waals surface area contributed by atoms with Gasteiger partial charge in [-0.05, 0) is 26.5 Å². The third kappa shape index (κ3) is 3.42. The van der Waals surface area contributed by atoms with Gasteiger partial charge < -0.3 is 24.2 Å². The van der Waals surface area contributed by atoms with E-state index in [-0.39, 0.29) is 5.60 Å². The van der Waals surface area contributed by atoms with Gasteiger partial charge in [-0.3, -0.25) is 0 Å². The van der Waals surface area contributed by atoms with Crippen LogP contribution in [0.4, 0.5) is 11.6 Å². The minimum atomic E-state index is -0.203. The summed E-state index contributed by atoms with van der Waals surface area (Å²) >= 11 is 1.74. The molecule has 9 heteroatoms. The van der Waals surface area contributed by atoms with Crippen LogP contribution in [-0.4, -0.2) is 85.0 Å². The van der Waals surface area contributed by atoms with Gasteiger partial charge >= 0.3 is 0 Å². The maximum Gasteiger partial charge on any atom is 0.150 e. The van der Waals surface area contributed by atoms with E-state index in [0.29, 0.717) is 6.61 Å². The average Bonchev–Trinajstić information content (AvgIpc) is 3.18. The van der Waals surface area contributed by atoms with Crippen molar-refractivity contribution < 1.29 is 9.47 Å². The fraction of sp³-hybridized carbons (Fsp3) is 0.609. The molecule has 170 valence electrons. The Kier molecular flexibility index (Phi) is 4.98. The van der Waals surface area contributed by atoms with Crippen molar-refractivity contribution in [1.82, 2.24) is 19.9 Å². The third-order valence-electron chi connectivity index (χ3n) is 6.90. The first-order valence-electron chi connectivity index (χ1n) is 11.5. The van der Waals surface area contributed by atoms with E-state index < -0.39 is 0 Å². The van der Waals surface area contributed by atoms with E-state index in [1.165, 1.54) is 16.5 Å². The summed E-state index contributed by atoms with van der Waals surface area (Å²) < 4.78 is 13.0. The lowest BCUT2D eigenvalue weighted by Crippen LogP contribution is -2.44. The van der Waals surface area contributed by atoms with E-state index in [4.69, 9.17) is 24.4 Å². The maximum atomic E-state index is 6.25. The average molecular weight is 455 g/mol. The number of rotatable bonds is 2. The van der Waals surface area contributed by atoms with Crippen LogP contribution >= 0.6 is 11.3 Å². The van der Waals surface area contributed by atoms with Gasteiger partial charge in [0.1, 0.15) is 22.8 Å². The Hall–Kier alpha value is -2.07. The monoisotopic (exact) mass is 454 g/mol. The summed E-state index contributed by atoms with van der Waals surface area (Å²) in [4.78, 5) is 22.9. The molecular weight excluding hydrogens is 424 g/mol. The van der Waals surface area contributed by atoms with Crippen LogP contribution in [0.3, 0.4) is 0 Å². The summed E-state index contributed by atoms with van der Waals surface area (Å²) in [7, 11) is 2.18. The number of hydrogen-bond acceptors (Lipinski definition) is 9. The molecule has 0 aromatic carbocycles. The van der Waals surface area contributed by atoms with Crippen LogP contribution in [0, 0.1) is 0 Å². The zero-order valence-corrected chi connectivity index (χ0v) is 19.9. The first-order chi connectivity index (χ1) is 15.5. The quantitative estimate of drug-likeness (QED) is 0.586. The van der Waals surface area contributed by atoms with Crippen molar-refractivity contribution in [3.63, 3.8) is 0 Å². The molecule has 3 aliphatic heterocycles. The largest absolute Gasteiger partial charge is 0.378 e. The molecule has 2 fully saturated rings. The Morgan fingerprint density at radius 3 is 2.47 bits per heavy atom. The molecule has 0 atom stereocenters. The fourth-order valence-corrected chi connectivity index (χ4v) is 6.23. The van der Waals surface area contributed by atoms with Gasteiger partial charge in [0.25, 0.3) is 0 Å². The molecule has 0 spiro atoms. The lowest BCUT2D eigenvalue weighted by atomic mass is 9.90. The molecule has 2 saturated heterocycles. The van der Waals surface area contributed by atoms with Crippen LogP contribution in [0.1, 0.15) is 25.0 Å². The van der Waals surface area contributed by atoms with Gasteiger partial charge in [-0.2, -0.15) is 0 Å². The van der Waals surface area contributed by atoms with Crippen molar-refractivity contribution >= 4 is 43.4 Å². The highest BCUT2D eigenvalue weighted by molar-refractivity contribution is 7.26. The summed E-state index contributed by atoms with van der Waals surface area (Å²) in [5, 5.41) is 1.20. The number of aromatic nitrogens is 3. The van der Waals surface area contributed by atoms with Crippen molar-refractivity contribution in [2.45, 2.75) is 32.5 Å². The van der Waals surface area contributed by atoms with Crippen molar-refractivity contribution in [1.29, 1.82) is 0 Å². The maximum absolute atomic E-state index is 6.25. The lowest BCUT2D eigenvalue weighted by Gasteiger charge is -2.36. The highest BCUT2D eigenvalue weighted by atomic mass is 32.1. The number of fused-ring (bicyclic) bond motifs is 5. The van der Waals surface area contributed by atoms with Gasteiger partial charge in [0.15, 0.2) is 0 Å². The van der Waals surface area contributed by atoms with E-state index in [1.807, 2.05) is 0 Å². The number of piperazine rings is 1. The highest BCUT2D eigenvalue weighted by Crippen LogP contribution is 2.44. The van der Waals surface area contributed by atoms with E-state index in [1.54, 1.807) is 17.7 Å². The number of nitrogens with zero attached hydrogens (tertiary/aromatic N) is 6. The number of likely N-dealkylation sites (N-methyl/N-ethyl adjacent to an activating group) is 1. The van der Waals surface area contributed by atoms with E-state index in [2.05, 4.69) is 35.6 Å². The van der Waals surface area contributed by atoms with Crippen LogP contribution in [0.5, 0.6) is 0 Å². The summed E-state index contributed by atoms with van der Waals surface area (Å²) in [5.41, 5.74) is 3.41. The predicted molar refractivity (Wildman–Crippen MR) is 128 cm³/mol. The number of thiophene rings is 1. The summed E-state index contributed by atoms with van der Waals surface area (Å²) in [6.45, 7) is 12.2. The van der Waals surface area contributed by atoms with Crippen molar-refractivity contribution in [2.24, 2.45) is 0 Å². The van der Waals surface area contributed by atoms with Crippen molar-refractivity contribution in [3.8, 4) is 0 Å². The highest BCUT2D eigenvalue weighted by Gasteiger charge is 2.33. The summed E-state index contributed by atoms with van der Waals surface area (Å²) in [6.07, 6.45) is 2.59. The zero-order chi connectivity index (χ0) is 21.9. The molecule has 6 heterocycles. The van der Waals surface area contributed by atoms with E-state index in [0.717, 1.165) is 85.6 Å². The third-order valence-corrected chi connectivity index (χ3v) is 7.97. The molecule has 3 aromatic heterocycles. The molecule has 0 aliphatic carbocycles. The van der Waals surface area contributed by atoms with Crippen LogP contribution in [0.25, 0.3) is 20.4 Å². The Morgan fingerprint density at radius 1 is 0.938 bits per heavy atom. The molecule has 0 bridgehead atoms. The van der Waals surface area contributed by atoms with Gasteiger partial charge in [-0.15, -0.1) is 11.3 Å². The molecule has 3 aromatic rings.